The minimum absolute atomic E-state index is 0. The van der Waals surface area contributed by atoms with E-state index in [1.807, 2.05) is 35.2 Å². The molecule has 1 aliphatic heterocycles. The van der Waals surface area contributed by atoms with Crippen molar-refractivity contribution in [3.8, 4) is 6.07 Å². The van der Waals surface area contributed by atoms with Gasteiger partial charge in [0.1, 0.15) is 11.9 Å². The number of carbonyl (C=O) groups is 1. The van der Waals surface area contributed by atoms with Crippen LogP contribution >= 0.6 is 24.0 Å². The molecule has 2 aliphatic rings. The van der Waals surface area contributed by atoms with Crippen LogP contribution in [0.4, 0.5) is 10.6 Å². The van der Waals surface area contributed by atoms with E-state index >= 15 is 0 Å². The average molecular weight is 475 g/mol. The maximum absolute atomic E-state index is 12.8. The van der Waals surface area contributed by atoms with E-state index in [4.69, 9.17) is 11.6 Å². The number of amides is 2. The number of nitriles is 1. The zero-order valence-corrected chi connectivity index (χ0v) is 19.5. The number of fused-ring (bicyclic) bond motifs is 1. The Balaban J connectivity index is 0.00000289. The first kappa shape index (κ1) is 24.1. The van der Waals surface area contributed by atoms with Crippen LogP contribution in [0.15, 0.2) is 24.3 Å². The lowest BCUT2D eigenvalue weighted by atomic mass is 9.95. The molecule has 170 valence electrons. The second kappa shape index (κ2) is 11.3. The van der Waals surface area contributed by atoms with Crippen molar-refractivity contribution in [2.24, 2.45) is 0 Å². The molecule has 0 unspecified atom stereocenters. The van der Waals surface area contributed by atoms with Gasteiger partial charge in [-0.15, -0.1) is 12.4 Å². The maximum atomic E-state index is 12.8. The van der Waals surface area contributed by atoms with Crippen molar-refractivity contribution in [2.45, 2.75) is 57.5 Å². The standard InChI is InChI=1S/C23H27ClN6O.ClH/c24-19-9-5-4-6-16(19)10-12-26-22-18-15-30(13-11-20(18)28-21(14-25)29-22)23(31)27-17-7-2-1-3-8-17;/h4-6,9,17H,1-3,7-8,10-13,15H2,(H,27,31)(H,26,28,29);1H. The largest absolute Gasteiger partial charge is 0.369 e. The molecule has 2 amide bonds. The summed E-state index contributed by atoms with van der Waals surface area (Å²) >= 11 is 6.26. The Morgan fingerprint density at radius 2 is 2.00 bits per heavy atom. The number of anilines is 1. The second-order valence-corrected chi connectivity index (χ2v) is 8.56. The van der Waals surface area contributed by atoms with E-state index in [-0.39, 0.29) is 30.3 Å². The molecular formula is C23H28Cl2N6O. The molecule has 0 atom stereocenters. The number of urea groups is 1. The first-order valence-electron chi connectivity index (χ1n) is 11.0. The van der Waals surface area contributed by atoms with Crippen LogP contribution in [0.3, 0.4) is 0 Å². The van der Waals surface area contributed by atoms with Gasteiger partial charge < -0.3 is 15.5 Å². The molecule has 1 aliphatic carbocycles. The number of hydrogen-bond acceptors (Lipinski definition) is 5. The van der Waals surface area contributed by atoms with E-state index in [2.05, 4.69) is 20.6 Å². The molecule has 2 N–H and O–H groups in total. The Morgan fingerprint density at radius 1 is 1.22 bits per heavy atom. The lowest BCUT2D eigenvalue weighted by Gasteiger charge is -2.32. The monoisotopic (exact) mass is 474 g/mol. The van der Waals surface area contributed by atoms with Gasteiger partial charge in [0, 0.05) is 36.1 Å². The minimum Gasteiger partial charge on any atom is -0.369 e. The fourth-order valence-electron chi connectivity index (χ4n) is 4.31. The van der Waals surface area contributed by atoms with E-state index < -0.39 is 0 Å². The van der Waals surface area contributed by atoms with Crippen LogP contribution < -0.4 is 10.6 Å². The first-order valence-corrected chi connectivity index (χ1v) is 11.3. The molecule has 2 heterocycles. The molecule has 0 bridgehead atoms. The summed E-state index contributed by atoms with van der Waals surface area (Å²) in [5.41, 5.74) is 2.78. The molecule has 32 heavy (non-hydrogen) atoms. The molecule has 4 rings (SSSR count). The quantitative estimate of drug-likeness (QED) is 0.665. The molecule has 7 nitrogen and oxygen atoms in total. The van der Waals surface area contributed by atoms with Crippen LogP contribution in [-0.2, 0) is 19.4 Å². The molecular weight excluding hydrogens is 447 g/mol. The minimum atomic E-state index is -0.0241. The topological polar surface area (TPSA) is 93.9 Å². The summed E-state index contributed by atoms with van der Waals surface area (Å²) in [6.07, 6.45) is 7.07. The molecule has 1 aromatic heterocycles. The van der Waals surface area contributed by atoms with Gasteiger partial charge in [-0.25, -0.2) is 14.8 Å². The number of rotatable bonds is 5. The van der Waals surface area contributed by atoms with Crippen molar-refractivity contribution >= 4 is 35.9 Å². The highest BCUT2D eigenvalue weighted by atomic mass is 35.5. The third-order valence-electron chi connectivity index (χ3n) is 6.02. The molecule has 9 heteroatoms. The van der Waals surface area contributed by atoms with Crippen molar-refractivity contribution in [1.82, 2.24) is 20.2 Å². The van der Waals surface area contributed by atoms with Gasteiger partial charge in [-0.05, 0) is 30.9 Å². The zero-order valence-electron chi connectivity index (χ0n) is 17.9. The first-order chi connectivity index (χ1) is 15.1. The summed E-state index contributed by atoms with van der Waals surface area (Å²) < 4.78 is 0. The van der Waals surface area contributed by atoms with E-state index in [1.165, 1.54) is 19.3 Å². The fourth-order valence-corrected chi connectivity index (χ4v) is 4.54. The number of carbonyl (C=O) groups excluding carboxylic acids is 1. The van der Waals surface area contributed by atoms with Crippen molar-refractivity contribution in [3.63, 3.8) is 0 Å². The van der Waals surface area contributed by atoms with Crippen LogP contribution in [0.1, 0.15) is 54.7 Å². The Labute approximate surface area is 200 Å². The predicted molar refractivity (Wildman–Crippen MR) is 127 cm³/mol. The van der Waals surface area contributed by atoms with Gasteiger partial charge in [-0.3, -0.25) is 0 Å². The van der Waals surface area contributed by atoms with E-state index in [9.17, 15) is 10.1 Å². The predicted octanol–water partition coefficient (Wildman–Crippen LogP) is 4.48. The number of nitrogens with zero attached hydrogens (tertiary/aromatic N) is 4. The summed E-state index contributed by atoms with van der Waals surface area (Å²) in [4.78, 5) is 23.4. The van der Waals surface area contributed by atoms with Crippen LogP contribution in [0.5, 0.6) is 0 Å². The molecule has 1 aromatic carbocycles. The van der Waals surface area contributed by atoms with Gasteiger partial charge >= 0.3 is 6.03 Å². The lowest BCUT2D eigenvalue weighted by Crippen LogP contribution is -2.47. The van der Waals surface area contributed by atoms with E-state index in [0.717, 1.165) is 41.1 Å². The molecule has 1 saturated carbocycles. The molecule has 0 spiro atoms. The molecule has 0 radical (unpaired) electrons. The summed E-state index contributed by atoms with van der Waals surface area (Å²) in [5.74, 6) is 0.780. The summed E-state index contributed by atoms with van der Waals surface area (Å²) in [6.45, 7) is 1.65. The fraction of sp³-hybridized carbons (Fsp3) is 0.478. The van der Waals surface area contributed by atoms with Crippen LogP contribution in [0, 0.1) is 11.3 Å². The van der Waals surface area contributed by atoms with Gasteiger partial charge in [0.2, 0.25) is 5.82 Å². The number of nitrogens with one attached hydrogen (secondary N) is 2. The Bertz CT molecular complexity index is 987. The maximum Gasteiger partial charge on any atom is 0.317 e. The van der Waals surface area contributed by atoms with Gasteiger partial charge in [-0.1, -0.05) is 49.1 Å². The summed E-state index contributed by atoms with van der Waals surface area (Å²) in [5, 5.41) is 16.6. The highest BCUT2D eigenvalue weighted by Crippen LogP contribution is 2.25. The normalized spacial score (nSPS) is 15.8. The van der Waals surface area contributed by atoms with Gasteiger partial charge in [0.25, 0.3) is 0 Å². The SMILES string of the molecule is Cl.N#Cc1nc2c(c(NCCc3ccccc3Cl)n1)CN(C(=O)NC1CCCCC1)CC2. The van der Waals surface area contributed by atoms with Gasteiger partial charge in [0.15, 0.2) is 0 Å². The molecule has 0 saturated heterocycles. The Morgan fingerprint density at radius 3 is 2.75 bits per heavy atom. The van der Waals surface area contributed by atoms with Crippen LogP contribution in [0.2, 0.25) is 5.02 Å². The third-order valence-corrected chi connectivity index (χ3v) is 6.39. The third kappa shape index (κ3) is 5.81. The average Bonchev–Trinajstić information content (AvgIpc) is 2.80. The Hall–Kier alpha value is -2.56. The number of benzene rings is 1. The van der Waals surface area contributed by atoms with E-state index in [0.29, 0.717) is 31.9 Å². The van der Waals surface area contributed by atoms with Crippen molar-refractivity contribution < 1.29 is 4.79 Å². The van der Waals surface area contributed by atoms with Crippen LogP contribution in [-0.4, -0.2) is 40.0 Å². The van der Waals surface area contributed by atoms with Crippen molar-refractivity contribution in [1.29, 1.82) is 5.26 Å². The second-order valence-electron chi connectivity index (χ2n) is 8.16. The van der Waals surface area contributed by atoms with Gasteiger partial charge in [0.05, 0.1) is 12.2 Å². The zero-order chi connectivity index (χ0) is 21.6. The number of aromatic nitrogens is 2. The smallest absolute Gasteiger partial charge is 0.317 e. The number of hydrogen-bond donors (Lipinski definition) is 2. The van der Waals surface area contributed by atoms with E-state index in [1.54, 1.807) is 0 Å². The highest BCUT2D eigenvalue weighted by Gasteiger charge is 2.27. The van der Waals surface area contributed by atoms with Crippen LogP contribution in [0.25, 0.3) is 0 Å². The lowest BCUT2D eigenvalue weighted by molar-refractivity contribution is 0.184. The molecule has 2 aromatic rings. The summed E-state index contributed by atoms with van der Waals surface area (Å²) in [6, 6.07) is 10.0. The summed E-state index contributed by atoms with van der Waals surface area (Å²) in [7, 11) is 0. The van der Waals surface area contributed by atoms with Crippen molar-refractivity contribution in [3.05, 3.63) is 51.9 Å². The van der Waals surface area contributed by atoms with Gasteiger partial charge in [-0.2, -0.15) is 5.26 Å². The van der Waals surface area contributed by atoms with Crippen molar-refractivity contribution in [2.75, 3.05) is 18.4 Å². The Kier molecular flexibility index (Phi) is 8.54. The molecule has 1 fully saturated rings. The number of halogens is 2. The highest BCUT2D eigenvalue weighted by molar-refractivity contribution is 6.31.